The van der Waals surface area contributed by atoms with Crippen molar-refractivity contribution in [3.05, 3.63) is 77.6 Å². The van der Waals surface area contributed by atoms with E-state index in [0.29, 0.717) is 25.4 Å². The van der Waals surface area contributed by atoms with E-state index in [-0.39, 0.29) is 0 Å². The number of carboxylic acid groups (broad SMARTS) is 1. The summed E-state index contributed by atoms with van der Waals surface area (Å²) in [7, 11) is 0. The van der Waals surface area contributed by atoms with Gasteiger partial charge in [0.05, 0.1) is 19.8 Å². The first-order valence-electron chi connectivity index (χ1n) is 15.6. The minimum absolute atomic E-state index is 0.424. The number of hydrogen-bond acceptors (Lipinski definition) is 8. The van der Waals surface area contributed by atoms with Gasteiger partial charge in [0.2, 0.25) is 0 Å². The number of likely N-dealkylation sites (tertiary alicyclic amines) is 1. The number of ether oxygens (including phenoxy) is 2. The molecule has 0 unspecified atom stereocenters. The Labute approximate surface area is 258 Å². The van der Waals surface area contributed by atoms with Crippen LogP contribution < -0.4 is 10.1 Å². The van der Waals surface area contributed by atoms with Crippen LogP contribution in [-0.4, -0.2) is 82.9 Å². The predicted octanol–water partition coefficient (Wildman–Crippen LogP) is 5.81. The van der Waals surface area contributed by atoms with E-state index >= 15 is 0 Å². The zero-order valence-electron chi connectivity index (χ0n) is 25.6. The molecule has 0 radical (unpaired) electrons. The molecular weight excluding hydrogens is 554 g/mol. The van der Waals surface area contributed by atoms with Gasteiger partial charge in [-0.15, -0.1) is 0 Å². The number of anilines is 2. The molecule has 1 atom stereocenters. The summed E-state index contributed by atoms with van der Waals surface area (Å²) in [5.74, 6) is 0.855. The van der Waals surface area contributed by atoms with Gasteiger partial charge in [0.25, 0.3) is 0 Å². The number of carbonyl (C=O) groups is 1. The Morgan fingerprint density at radius 3 is 2.66 bits per heavy atom. The Hall–Kier alpha value is -4.05. The minimum atomic E-state index is -0.751. The molecule has 0 aliphatic carbocycles. The summed E-state index contributed by atoms with van der Waals surface area (Å²) in [5, 5.41) is 14.1. The van der Waals surface area contributed by atoms with Crippen LogP contribution >= 0.6 is 0 Å². The van der Waals surface area contributed by atoms with Crippen LogP contribution in [0, 0.1) is 13.8 Å². The number of nitrogens with zero attached hydrogens (tertiary/aromatic N) is 4. The molecule has 0 spiro atoms. The molecule has 44 heavy (non-hydrogen) atoms. The maximum absolute atomic E-state index is 11.6. The van der Waals surface area contributed by atoms with E-state index in [1.165, 1.54) is 0 Å². The van der Waals surface area contributed by atoms with Crippen LogP contribution in [0.3, 0.4) is 0 Å². The summed E-state index contributed by atoms with van der Waals surface area (Å²) in [6.07, 6.45) is 6.21. The highest BCUT2D eigenvalue weighted by Gasteiger charge is 2.30. The number of nitrogens with one attached hydrogen (secondary N) is 1. The van der Waals surface area contributed by atoms with Crippen LogP contribution in [0.25, 0.3) is 22.0 Å². The first-order chi connectivity index (χ1) is 21.5. The van der Waals surface area contributed by atoms with E-state index in [4.69, 9.17) is 14.5 Å². The molecule has 9 nitrogen and oxygen atoms in total. The standard InChI is InChI=1S/C35H41N5O4/c1-24-28(29-8-4-11-32(25(29)2)44-18-6-14-39-16-19-43-20-17-39)7-3-9-30(24)38-34-33-27(12-13-36-34)21-26(22-37-33)23-40-15-5-10-31(40)35(41)42/h3-4,7-9,11-13,21-22,31H,5-6,10,14-20,23H2,1-2H3,(H,36,38)(H,41,42)/t31-/m0/s1. The smallest absolute Gasteiger partial charge is 0.320 e. The third-order valence-electron chi connectivity index (χ3n) is 8.83. The van der Waals surface area contributed by atoms with Gasteiger partial charge in [0, 0.05) is 49.6 Å². The number of hydrogen-bond donors (Lipinski definition) is 2. The van der Waals surface area contributed by atoms with Crippen molar-refractivity contribution < 1.29 is 19.4 Å². The average molecular weight is 596 g/mol. The number of aromatic nitrogens is 2. The van der Waals surface area contributed by atoms with Crippen LogP contribution in [0.4, 0.5) is 11.5 Å². The molecule has 0 amide bonds. The van der Waals surface area contributed by atoms with Gasteiger partial charge in [-0.2, -0.15) is 0 Å². The second kappa shape index (κ2) is 13.7. The third kappa shape index (κ3) is 6.70. The van der Waals surface area contributed by atoms with E-state index in [1.807, 2.05) is 17.2 Å². The van der Waals surface area contributed by atoms with Crippen molar-refractivity contribution in [1.82, 2.24) is 19.8 Å². The van der Waals surface area contributed by atoms with E-state index in [0.717, 1.165) is 102 Å². The molecule has 2 N–H and O–H groups in total. The normalized spacial score (nSPS) is 17.6. The van der Waals surface area contributed by atoms with Gasteiger partial charge in [-0.05, 0) is 91.7 Å². The van der Waals surface area contributed by atoms with Gasteiger partial charge in [-0.1, -0.05) is 24.3 Å². The lowest BCUT2D eigenvalue weighted by atomic mass is 9.95. The van der Waals surface area contributed by atoms with Crippen molar-refractivity contribution in [2.75, 3.05) is 51.3 Å². The Kier molecular flexibility index (Phi) is 9.35. The Bertz CT molecular complexity index is 1620. The zero-order chi connectivity index (χ0) is 30.5. The monoisotopic (exact) mass is 595 g/mol. The Morgan fingerprint density at radius 1 is 1.05 bits per heavy atom. The highest BCUT2D eigenvalue weighted by atomic mass is 16.5. The summed E-state index contributed by atoms with van der Waals surface area (Å²) in [6, 6.07) is 16.2. The molecular formula is C35H41N5O4. The van der Waals surface area contributed by atoms with Crippen LogP contribution in [0.1, 0.15) is 36.0 Å². The molecule has 4 heterocycles. The van der Waals surface area contributed by atoms with Crippen molar-refractivity contribution in [1.29, 1.82) is 0 Å². The van der Waals surface area contributed by atoms with Crippen molar-refractivity contribution in [3.63, 3.8) is 0 Å². The molecule has 2 aromatic carbocycles. The maximum Gasteiger partial charge on any atom is 0.320 e. The topological polar surface area (TPSA) is 100 Å². The van der Waals surface area contributed by atoms with E-state index in [2.05, 4.69) is 71.5 Å². The van der Waals surface area contributed by atoms with Gasteiger partial charge in [-0.25, -0.2) is 4.98 Å². The number of morpholine rings is 1. The largest absolute Gasteiger partial charge is 0.493 e. The molecule has 2 aliphatic rings. The SMILES string of the molecule is Cc1c(Nc2nccc3cc(CN4CCC[C@H]4C(=O)O)cnc23)cccc1-c1cccc(OCCCN2CCOCC2)c1C. The van der Waals surface area contributed by atoms with E-state index < -0.39 is 12.0 Å². The fraction of sp³-hybridized carbons (Fsp3) is 0.400. The zero-order valence-corrected chi connectivity index (χ0v) is 25.6. The summed E-state index contributed by atoms with van der Waals surface area (Å²) >= 11 is 0. The molecule has 6 rings (SSSR count). The summed E-state index contributed by atoms with van der Waals surface area (Å²) in [4.78, 5) is 25.5. The van der Waals surface area contributed by atoms with Crippen LogP contribution in [0.2, 0.25) is 0 Å². The fourth-order valence-corrected chi connectivity index (χ4v) is 6.36. The lowest BCUT2D eigenvalue weighted by molar-refractivity contribution is -0.142. The molecule has 2 fully saturated rings. The van der Waals surface area contributed by atoms with Crippen LogP contribution in [-0.2, 0) is 16.1 Å². The number of benzene rings is 2. The van der Waals surface area contributed by atoms with Crippen molar-refractivity contribution in [2.24, 2.45) is 0 Å². The van der Waals surface area contributed by atoms with E-state index in [1.54, 1.807) is 6.20 Å². The number of carboxylic acids is 1. The van der Waals surface area contributed by atoms with Crippen molar-refractivity contribution in [2.45, 2.75) is 45.7 Å². The summed E-state index contributed by atoms with van der Waals surface area (Å²) in [6.45, 7) is 10.9. The molecule has 2 aromatic heterocycles. The maximum atomic E-state index is 11.6. The molecule has 2 aliphatic heterocycles. The number of pyridine rings is 2. The van der Waals surface area contributed by atoms with Gasteiger partial charge in [0.15, 0.2) is 5.82 Å². The van der Waals surface area contributed by atoms with Gasteiger partial charge in [0.1, 0.15) is 17.3 Å². The number of rotatable bonds is 11. The van der Waals surface area contributed by atoms with Crippen molar-refractivity contribution in [3.8, 4) is 16.9 Å². The lowest BCUT2D eigenvalue weighted by Gasteiger charge is -2.26. The van der Waals surface area contributed by atoms with E-state index in [9.17, 15) is 9.90 Å². The Balaban J connectivity index is 1.17. The number of aliphatic carboxylic acids is 1. The van der Waals surface area contributed by atoms with Gasteiger partial charge >= 0.3 is 5.97 Å². The third-order valence-corrected chi connectivity index (χ3v) is 8.83. The molecule has 9 heteroatoms. The van der Waals surface area contributed by atoms with Crippen LogP contribution in [0.5, 0.6) is 5.75 Å². The Morgan fingerprint density at radius 2 is 1.84 bits per heavy atom. The average Bonchev–Trinajstić information content (AvgIpc) is 3.50. The first kappa shape index (κ1) is 30.0. The highest BCUT2D eigenvalue weighted by molar-refractivity contribution is 5.91. The second-order valence-electron chi connectivity index (χ2n) is 11.7. The number of fused-ring (bicyclic) bond motifs is 1. The van der Waals surface area contributed by atoms with Crippen molar-refractivity contribution >= 4 is 28.4 Å². The van der Waals surface area contributed by atoms with Gasteiger partial charge < -0.3 is 19.9 Å². The summed E-state index contributed by atoms with van der Waals surface area (Å²) in [5.41, 5.74) is 7.27. The second-order valence-corrected chi connectivity index (χ2v) is 11.7. The minimum Gasteiger partial charge on any atom is -0.493 e. The predicted molar refractivity (Wildman–Crippen MR) is 173 cm³/mol. The first-order valence-corrected chi connectivity index (χ1v) is 15.6. The molecule has 2 saturated heterocycles. The highest BCUT2D eigenvalue weighted by Crippen LogP contribution is 2.36. The lowest BCUT2D eigenvalue weighted by Crippen LogP contribution is -2.37. The molecule has 0 bridgehead atoms. The quantitative estimate of drug-likeness (QED) is 0.208. The fourth-order valence-electron chi connectivity index (χ4n) is 6.36. The molecule has 4 aromatic rings. The molecule has 0 saturated carbocycles. The summed E-state index contributed by atoms with van der Waals surface area (Å²) < 4.78 is 11.7. The van der Waals surface area contributed by atoms with Gasteiger partial charge in [-0.3, -0.25) is 19.6 Å². The van der Waals surface area contributed by atoms with Crippen LogP contribution in [0.15, 0.2) is 60.9 Å². The molecule has 230 valence electrons.